The number of aromatic nitrogens is 2. The van der Waals surface area contributed by atoms with Crippen LogP contribution in [0.5, 0.6) is 5.75 Å². The zero-order valence-corrected chi connectivity index (χ0v) is 14.0. The number of nitrogens with zero attached hydrogens (tertiary/aromatic N) is 2. The molecule has 122 valence electrons. The molecule has 0 aliphatic carbocycles. The Bertz CT molecular complexity index is 934. The van der Waals surface area contributed by atoms with Crippen LogP contribution in [0.4, 0.5) is 0 Å². The molecule has 5 nitrogen and oxygen atoms in total. The van der Waals surface area contributed by atoms with Crippen LogP contribution >= 0.6 is 23.2 Å². The van der Waals surface area contributed by atoms with Crippen molar-refractivity contribution in [2.24, 2.45) is 0 Å². The van der Waals surface area contributed by atoms with E-state index in [2.05, 4.69) is 4.98 Å². The minimum absolute atomic E-state index is 0.0657. The largest absolute Gasteiger partial charge is 0.508 e. The minimum Gasteiger partial charge on any atom is -0.508 e. The molecule has 2 N–H and O–H groups in total. The minimum atomic E-state index is -1.13. The lowest BCUT2D eigenvalue weighted by molar-refractivity contribution is 0.0690. The normalized spacial score (nSPS) is 10.8. The van der Waals surface area contributed by atoms with E-state index in [1.807, 2.05) is 0 Å². The topological polar surface area (TPSA) is 75.3 Å². The van der Waals surface area contributed by atoms with E-state index in [9.17, 15) is 15.0 Å². The van der Waals surface area contributed by atoms with Crippen molar-refractivity contribution in [3.05, 3.63) is 63.9 Å². The van der Waals surface area contributed by atoms with E-state index in [0.29, 0.717) is 32.8 Å². The van der Waals surface area contributed by atoms with E-state index >= 15 is 0 Å². The van der Waals surface area contributed by atoms with Gasteiger partial charge in [-0.15, -0.1) is 0 Å². The van der Waals surface area contributed by atoms with Crippen LogP contribution in [-0.2, 0) is 0 Å². The molecule has 0 aliphatic heterocycles. The van der Waals surface area contributed by atoms with Gasteiger partial charge in [-0.2, -0.15) is 0 Å². The molecule has 3 aromatic rings. The molecule has 0 spiro atoms. The van der Waals surface area contributed by atoms with Crippen molar-refractivity contribution in [2.75, 3.05) is 0 Å². The molecule has 24 heavy (non-hydrogen) atoms. The predicted molar refractivity (Wildman–Crippen MR) is 92.4 cm³/mol. The van der Waals surface area contributed by atoms with Gasteiger partial charge in [0.1, 0.15) is 11.6 Å². The lowest BCUT2D eigenvalue weighted by Gasteiger charge is -2.11. The highest BCUT2D eigenvalue weighted by Gasteiger charge is 2.22. The molecular weight excluding hydrogens is 351 g/mol. The summed E-state index contributed by atoms with van der Waals surface area (Å²) in [4.78, 5) is 15.7. The molecule has 0 radical (unpaired) electrons. The van der Waals surface area contributed by atoms with Gasteiger partial charge in [-0.1, -0.05) is 23.2 Å². The molecular formula is C17H12Cl2N2O3. The maximum absolute atomic E-state index is 11.5. The Morgan fingerprint density at radius 3 is 2.38 bits per heavy atom. The van der Waals surface area contributed by atoms with E-state index in [0.717, 1.165) is 0 Å². The highest BCUT2D eigenvalue weighted by molar-refractivity contribution is 6.36. The van der Waals surface area contributed by atoms with Crippen LogP contribution in [0.25, 0.3) is 17.1 Å². The van der Waals surface area contributed by atoms with Gasteiger partial charge in [-0.3, -0.25) is 4.57 Å². The summed E-state index contributed by atoms with van der Waals surface area (Å²) < 4.78 is 1.68. The molecule has 7 heteroatoms. The zero-order chi connectivity index (χ0) is 17.4. The molecule has 0 aliphatic rings. The number of carboxylic acids is 1. The van der Waals surface area contributed by atoms with Crippen LogP contribution in [0.3, 0.4) is 0 Å². The van der Waals surface area contributed by atoms with Gasteiger partial charge in [0.25, 0.3) is 0 Å². The van der Waals surface area contributed by atoms with Gasteiger partial charge in [0.05, 0.1) is 10.7 Å². The van der Waals surface area contributed by atoms with E-state index in [1.54, 1.807) is 41.8 Å². The second-order valence-electron chi connectivity index (χ2n) is 5.15. The quantitative estimate of drug-likeness (QED) is 0.715. The monoisotopic (exact) mass is 362 g/mol. The summed E-state index contributed by atoms with van der Waals surface area (Å²) >= 11 is 12.2. The first-order chi connectivity index (χ1) is 11.4. The average molecular weight is 363 g/mol. The SMILES string of the molecule is Cc1c(C(=O)O)nc(-c2ccc(Cl)cc2Cl)n1-c1ccc(O)cc1. The van der Waals surface area contributed by atoms with Crippen LogP contribution in [0, 0.1) is 6.92 Å². The number of imidazole rings is 1. The lowest BCUT2D eigenvalue weighted by atomic mass is 10.2. The van der Waals surface area contributed by atoms with Crippen LogP contribution in [0.15, 0.2) is 42.5 Å². The molecule has 0 atom stereocenters. The van der Waals surface area contributed by atoms with Crippen LogP contribution in [0.1, 0.15) is 16.2 Å². The number of benzene rings is 2. The third-order valence-electron chi connectivity index (χ3n) is 3.59. The maximum atomic E-state index is 11.5. The van der Waals surface area contributed by atoms with Crippen molar-refractivity contribution in [2.45, 2.75) is 6.92 Å². The molecule has 1 heterocycles. The number of phenols is 1. The standard InChI is InChI=1S/C17H12Cl2N2O3/c1-9-15(17(23)24)20-16(13-7-2-10(18)8-14(13)19)21(9)11-3-5-12(22)6-4-11/h2-8,22H,1H3,(H,23,24). The van der Waals surface area contributed by atoms with Crippen LogP contribution in [-0.4, -0.2) is 25.7 Å². The summed E-state index contributed by atoms with van der Waals surface area (Å²) in [7, 11) is 0. The highest BCUT2D eigenvalue weighted by atomic mass is 35.5. The fourth-order valence-electron chi connectivity index (χ4n) is 2.47. The Balaban J connectivity index is 2.30. The Morgan fingerprint density at radius 1 is 1.12 bits per heavy atom. The van der Waals surface area contributed by atoms with Crippen molar-refractivity contribution in [3.8, 4) is 22.8 Å². The lowest BCUT2D eigenvalue weighted by Crippen LogP contribution is -2.02. The van der Waals surface area contributed by atoms with Crippen molar-refractivity contribution in [1.82, 2.24) is 9.55 Å². The average Bonchev–Trinajstić information content (AvgIpc) is 2.86. The number of phenolic OH excluding ortho intramolecular Hbond substituents is 1. The van der Waals surface area contributed by atoms with Crippen LogP contribution < -0.4 is 0 Å². The number of carboxylic acid groups (broad SMARTS) is 1. The number of halogens is 2. The van der Waals surface area contributed by atoms with E-state index in [-0.39, 0.29) is 11.4 Å². The molecule has 2 aromatic carbocycles. The Labute approximate surface area is 147 Å². The Kier molecular flexibility index (Phi) is 4.22. The zero-order valence-electron chi connectivity index (χ0n) is 12.5. The number of rotatable bonds is 3. The van der Waals surface area contributed by atoms with E-state index in [1.165, 1.54) is 12.1 Å². The first kappa shape index (κ1) is 16.4. The van der Waals surface area contributed by atoms with Gasteiger partial charge in [-0.25, -0.2) is 9.78 Å². The molecule has 0 bridgehead atoms. The van der Waals surface area contributed by atoms with Crippen molar-refractivity contribution in [1.29, 1.82) is 0 Å². The second-order valence-corrected chi connectivity index (χ2v) is 5.99. The number of carbonyl (C=O) groups is 1. The summed E-state index contributed by atoms with van der Waals surface area (Å²) in [6, 6.07) is 11.3. The van der Waals surface area contributed by atoms with Crippen molar-refractivity contribution < 1.29 is 15.0 Å². The number of aromatic hydroxyl groups is 1. The molecule has 3 rings (SSSR count). The summed E-state index contributed by atoms with van der Waals surface area (Å²) in [5.41, 5.74) is 1.61. The molecule has 0 unspecified atom stereocenters. The third kappa shape index (κ3) is 2.84. The summed E-state index contributed by atoms with van der Waals surface area (Å²) in [6.45, 7) is 1.66. The van der Waals surface area contributed by atoms with Gasteiger partial charge in [0.2, 0.25) is 0 Å². The molecule has 0 fully saturated rings. The van der Waals surface area contributed by atoms with Crippen LogP contribution in [0.2, 0.25) is 10.0 Å². The molecule has 1 aromatic heterocycles. The van der Waals surface area contributed by atoms with Gasteiger partial charge < -0.3 is 10.2 Å². The van der Waals surface area contributed by atoms with Crippen molar-refractivity contribution in [3.63, 3.8) is 0 Å². The highest BCUT2D eigenvalue weighted by Crippen LogP contribution is 2.33. The van der Waals surface area contributed by atoms with Gasteiger partial charge in [0, 0.05) is 16.3 Å². The van der Waals surface area contributed by atoms with E-state index in [4.69, 9.17) is 23.2 Å². The number of hydrogen-bond acceptors (Lipinski definition) is 3. The summed E-state index contributed by atoms with van der Waals surface area (Å²) in [5.74, 6) is -0.630. The second kappa shape index (κ2) is 6.19. The van der Waals surface area contributed by atoms with Gasteiger partial charge in [-0.05, 0) is 49.4 Å². The molecule has 0 amide bonds. The first-order valence-electron chi connectivity index (χ1n) is 6.96. The number of aromatic carboxylic acids is 1. The summed E-state index contributed by atoms with van der Waals surface area (Å²) in [6.07, 6.45) is 0. The molecule has 0 saturated heterocycles. The smallest absolute Gasteiger partial charge is 0.356 e. The number of hydrogen-bond donors (Lipinski definition) is 2. The summed E-state index contributed by atoms with van der Waals surface area (Å²) in [5, 5.41) is 19.7. The van der Waals surface area contributed by atoms with E-state index < -0.39 is 5.97 Å². The van der Waals surface area contributed by atoms with Gasteiger partial charge >= 0.3 is 5.97 Å². The Hall–Kier alpha value is -2.50. The maximum Gasteiger partial charge on any atom is 0.356 e. The van der Waals surface area contributed by atoms with Gasteiger partial charge in [0.15, 0.2) is 5.69 Å². The third-order valence-corrected chi connectivity index (χ3v) is 4.14. The fourth-order valence-corrected chi connectivity index (χ4v) is 2.97. The Morgan fingerprint density at radius 2 is 1.79 bits per heavy atom. The first-order valence-corrected chi connectivity index (χ1v) is 7.71. The van der Waals surface area contributed by atoms with Crippen molar-refractivity contribution >= 4 is 29.2 Å². The predicted octanol–water partition coefficient (Wildman–Crippen LogP) is 4.56. The fraction of sp³-hybridized carbons (Fsp3) is 0.0588. The molecule has 0 saturated carbocycles.